The van der Waals surface area contributed by atoms with Gasteiger partial charge in [-0.3, -0.25) is 0 Å². The van der Waals surface area contributed by atoms with Crippen molar-refractivity contribution in [1.29, 1.82) is 0 Å². The van der Waals surface area contributed by atoms with Crippen LogP contribution in [0, 0.1) is 32.5 Å². The van der Waals surface area contributed by atoms with Gasteiger partial charge in [-0.25, -0.2) is 0 Å². The first-order chi connectivity index (χ1) is 10.4. The zero-order chi connectivity index (χ0) is 19.6. The fraction of sp³-hybridized carbons (Fsp3) is 1.00. The van der Waals surface area contributed by atoms with E-state index in [2.05, 4.69) is 83.1 Å². The molecule has 0 saturated heterocycles. The van der Waals surface area contributed by atoms with E-state index in [0.717, 1.165) is 12.8 Å². The highest BCUT2D eigenvalue weighted by atomic mass is 16.3. The van der Waals surface area contributed by atoms with Crippen molar-refractivity contribution in [3.8, 4) is 0 Å². The highest BCUT2D eigenvalue weighted by molar-refractivity contribution is 5.16. The van der Waals surface area contributed by atoms with E-state index in [9.17, 15) is 10.2 Å². The molecule has 0 bridgehead atoms. The van der Waals surface area contributed by atoms with Gasteiger partial charge in [0, 0.05) is 0 Å². The normalized spacial score (nSPS) is 39.8. The Morgan fingerprint density at radius 3 is 1.25 bits per heavy atom. The van der Waals surface area contributed by atoms with Gasteiger partial charge in [-0.2, -0.15) is 0 Å². The number of hydrogen-bond donors (Lipinski definition) is 2. The Labute approximate surface area is 151 Å². The number of aliphatic hydroxyl groups is 2. The van der Waals surface area contributed by atoms with E-state index in [1.807, 2.05) is 0 Å². The van der Waals surface area contributed by atoms with Crippen LogP contribution in [0.1, 0.15) is 95.9 Å². The Hall–Kier alpha value is -0.0800. The molecule has 0 amide bonds. The molecule has 0 aromatic heterocycles. The maximum atomic E-state index is 11.6. The van der Waals surface area contributed by atoms with Crippen LogP contribution >= 0.6 is 0 Å². The maximum Gasteiger partial charge on any atom is 0.0653 e. The molecule has 0 spiro atoms. The van der Waals surface area contributed by atoms with E-state index in [0.29, 0.717) is 0 Å². The number of aliphatic hydroxyl groups excluding tert-OH is 2. The van der Waals surface area contributed by atoms with Crippen molar-refractivity contribution in [1.82, 2.24) is 0 Å². The zero-order valence-corrected chi connectivity index (χ0v) is 18.5. The molecule has 0 aromatic rings. The SMILES string of the molecule is CCCC1(C)C(C)(C)C(O)C(C)(C)C(C)(C)C(O)C(C)(C)C1(C)C. The summed E-state index contributed by atoms with van der Waals surface area (Å²) in [4.78, 5) is 0. The van der Waals surface area contributed by atoms with E-state index in [1.165, 1.54) is 0 Å². The van der Waals surface area contributed by atoms with E-state index in [1.54, 1.807) is 0 Å². The summed E-state index contributed by atoms with van der Waals surface area (Å²) in [5.74, 6) is 0. The number of hydrogen-bond acceptors (Lipinski definition) is 2. The molecule has 2 N–H and O–H groups in total. The second kappa shape index (κ2) is 5.71. The second-order valence-electron chi connectivity index (χ2n) is 11.4. The van der Waals surface area contributed by atoms with Gasteiger partial charge in [0.25, 0.3) is 0 Å². The predicted octanol–water partition coefficient (Wildman–Crippen LogP) is 5.66. The van der Waals surface area contributed by atoms with E-state index in [4.69, 9.17) is 0 Å². The molecule has 144 valence electrons. The second-order valence-corrected chi connectivity index (χ2v) is 11.4. The van der Waals surface area contributed by atoms with Gasteiger partial charge >= 0.3 is 0 Å². The van der Waals surface area contributed by atoms with Crippen LogP contribution in [0.4, 0.5) is 0 Å². The zero-order valence-electron chi connectivity index (χ0n) is 18.5. The Bertz CT molecular complexity index is 470. The third-order valence-electron chi connectivity index (χ3n) is 9.56. The third-order valence-corrected chi connectivity index (χ3v) is 9.56. The molecule has 1 rings (SSSR count). The standard InChI is InChI=1S/C22H44O2/c1-13-14-22(12)20(8,9)16(24)18(4,5)17(2,3)15(23)19(6,7)21(22,10)11/h15-16,23-24H,13-14H2,1-12H3. The average molecular weight is 341 g/mol. The first-order valence-electron chi connectivity index (χ1n) is 9.73. The van der Waals surface area contributed by atoms with Crippen molar-refractivity contribution in [2.24, 2.45) is 32.5 Å². The summed E-state index contributed by atoms with van der Waals surface area (Å²) in [5.41, 5.74) is -1.61. The first kappa shape index (κ1) is 22.0. The molecule has 0 radical (unpaired) electrons. The van der Waals surface area contributed by atoms with Crippen LogP contribution in [-0.4, -0.2) is 22.4 Å². The summed E-state index contributed by atoms with van der Waals surface area (Å²) in [6.45, 7) is 26.6. The summed E-state index contributed by atoms with van der Waals surface area (Å²) in [6, 6.07) is 0. The fourth-order valence-electron chi connectivity index (χ4n) is 5.80. The minimum atomic E-state index is -0.503. The van der Waals surface area contributed by atoms with Crippen LogP contribution in [-0.2, 0) is 0 Å². The van der Waals surface area contributed by atoms with Crippen molar-refractivity contribution in [2.45, 2.75) is 108 Å². The van der Waals surface area contributed by atoms with Crippen molar-refractivity contribution >= 4 is 0 Å². The third kappa shape index (κ3) is 2.35. The summed E-state index contributed by atoms with van der Waals surface area (Å²) in [7, 11) is 0. The Kier molecular flexibility index (Phi) is 5.22. The largest absolute Gasteiger partial charge is 0.392 e. The van der Waals surface area contributed by atoms with Gasteiger partial charge in [-0.1, -0.05) is 89.5 Å². The highest BCUT2D eigenvalue weighted by Crippen LogP contribution is 2.69. The molecular formula is C22H44O2. The molecule has 1 saturated carbocycles. The summed E-state index contributed by atoms with van der Waals surface area (Å²) >= 11 is 0. The van der Waals surface area contributed by atoms with Crippen molar-refractivity contribution in [3.05, 3.63) is 0 Å². The van der Waals surface area contributed by atoms with E-state index >= 15 is 0 Å². The summed E-state index contributed by atoms with van der Waals surface area (Å²) in [6.07, 6.45) is 1.11. The summed E-state index contributed by atoms with van der Waals surface area (Å²) in [5, 5.41) is 23.1. The minimum absolute atomic E-state index is 0.105. The molecule has 1 fully saturated rings. The van der Waals surface area contributed by atoms with Crippen LogP contribution in [0.5, 0.6) is 0 Å². The molecular weight excluding hydrogens is 296 g/mol. The summed E-state index contributed by atoms with van der Waals surface area (Å²) < 4.78 is 0. The molecule has 1 aliphatic carbocycles. The predicted molar refractivity (Wildman–Crippen MR) is 104 cm³/mol. The van der Waals surface area contributed by atoms with Gasteiger partial charge in [0.05, 0.1) is 12.2 Å². The average Bonchev–Trinajstić information content (AvgIpc) is 2.43. The quantitative estimate of drug-likeness (QED) is 0.681. The number of rotatable bonds is 2. The van der Waals surface area contributed by atoms with Crippen molar-refractivity contribution < 1.29 is 10.2 Å². The van der Waals surface area contributed by atoms with E-state index in [-0.39, 0.29) is 21.7 Å². The van der Waals surface area contributed by atoms with Crippen molar-refractivity contribution in [3.63, 3.8) is 0 Å². The Balaban J connectivity index is 3.87. The van der Waals surface area contributed by atoms with Crippen LogP contribution in [0.15, 0.2) is 0 Å². The van der Waals surface area contributed by atoms with Crippen LogP contribution in [0.3, 0.4) is 0 Å². The van der Waals surface area contributed by atoms with Gasteiger partial charge in [-0.15, -0.1) is 0 Å². The highest BCUT2D eigenvalue weighted by Gasteiger charge is 2.68. The van der Waals surface area contributed by atoms with Gasteiger partial charge in [0.2, 0.25) is 0 Å². The molecule has 24 heavy (non-hydrogen) atoms. The molecule has 2 heteroatoms. The fourth-order valence-corrected chi connectivity index (χ4v) is 5.80. The molecule has 3 unspecified atom stereocenters. The Morgan fingerprint density at radius 2 is 0.917 bits per heavy atom. The first-order valence-corrected chi connectivity index (χ1v) is 9.73. The van der Waals surface area contributed by atoms with Crippen molar-refractivity contribution in [2.75, 3.05) is 0 Å². The topological polar surface area (TPSA) is 40.5 Å². The lowest BCUT2D eigenvalue weighted by Gasteiger charge is -2.69. The smallest absolute Gasteiger partial charge is 0.0653 e. The molecule has 2 nitrogen and oxygen atoms in total. The van der Waals surface area contributed by atoms with Crippen LogP contribution in [0.25, 0.3) is 0 Å². The molecule has 1 aliphatic rings. The molecule has 3 atom stereocenters. The molecule has 0 aromatic carbocycles. The lowest BCUT2D eigenvalue weighted by Crippen LogP contribution is -2.69. The molecule has 0 heterocycles. The van der Waals surface area contributed by atoms with Gasteiger partial charge < -0.3 is 10.2 Å². The van der Waals surface area contributed by atoms with Gasteiger partial charge in [0.15, 0.2) is 0 Å². The molecule has 0 aliphatic heterocycles. The van der Waals surface area contributed by atoms with Crippen LogP contribution in [0.2, 0.25) is 0 Å². The van der Waals surface area contributed by atoms with E-state index < -0.39 is 23.0 Å². The Morgan fingerprint density at radius 1 is 0.583 bits per heavy atom. The monoisotopic (exact) mass is 340 g/mol. The van der Waals surface area contributed by atoms with Gasteiger partial charge in [0.1, 0.15) is 0 Å². The van der Waals surface area contributed by atoms with Crippen LogP contribution < -0.4 is 0 Å². The maximum absolute atomic E-state index is 11.6. The van der Waals surface area contributed by atoms with Gasteiger partial charge in [-0.05, 0) is 38.9 Å². The minimum Gasteiger partial charge on any atom is -0.392 e. The lowest BCUT2D eigenvalue weighted by molar-refractivity contribution is -0.270. The lowest BCUT2D eigenvalue weighted by atomic mass is 9.36.